The standard InChI is InChI=1S/C19H20N4O/c1-2-4-18(5-3-1)23-12-10-17(11-13-23)21-16-8-6-15(7-9-16)19-22-20-14-24-19/h1-9,14,17,21H,10-13H2. The summed E-state index contributed by atoms with van der Waals surface area (Å²) in [4.78, 5) is 2.46. The van der Waals surface area contributed by atoms with Crippen molar-refractivity contribution >= 4 is 11.4 Å². The highest BCUT2D eigenvalue weighted by Gasteiger charge is 2.19. The van der Waals surface area contributed by atoms with Gasteiger partial charge < -0.3 is 14.6 Å². The Kier molecular flexibility index (Phi) is 4.14. The van der Waals surface area contributed by atoms with Gasteiger partial charge >= 0.3 is 0 Å². The summed E-state index contributed by atoms with van der Waals surface area (Å²) >= 11 is 0. The second-order valence-corrected chi connectivity index (χ2v) is 6.06. The predicted molar refractivity (Wildman–Crippen MR) is 95.0 cm³/mol. The molecule has 0 spiro atoms. The monoisotopic (exact) mass is 320 g/mol. The average Bonchev–Trinajstić information content (AvgIpc) is 3.18. The molecule has 1 N–H and O–H groups in total. The minimum absolute atomic E-state index is 0.513. The number of nitrogens with zero attached hydrogens (tertiary/aromatic N) is 3. The lowest BCUT2D eigenvalue weighted by molar-refractivity contribution is 0.527. The van der Waals surface area contributed by atoms with Crippen LogP contribution in [-0.2, 0) is 0 Å². The molecular formula is C19H20N4O. The van der Waals surface area contributed by atoms with Crippen LogP contribution in [-0.4, -0.2) is 29.3 Å². The Labute approximate surface area is 141 Å². The van der Waals surface area contributed by atoms with Crippen molar-refractivity contribution in [1.82, 2.24) is 10.2 Å². The number of aromatic nitrogens is 2. The van der Waals surface area contributed by atoms with Gasteiger partial charge in [-0.2, -0.15) is 0 Å². The van der Waals surface area contributed by atoms with Gasteiger partial charge in [-0.05, 0) is 49.2 Å². The number of benzene rings is 2. The second kappa shape index (κ2) is 6.74. The topological polar surface area (TPSA) is 54.2 Å². The number of piperidine rings is 1. The maximum absolute atomic E-state index is 5.22. The molecule has 122 valence electrons. The van der Waals surface area contributed by atoms with Crippen molar-refractivity contribution in [3.8, 4) is 11.5 Å². The van der Waals surface area contributed by atoms with Gasteiger partial charge in [0.1, 0.15) is 0 Å². The molecule has 0 radical (unpaired) electrons. The lowest BCUT2D eigenvalue weighted by Crippen LogP contribution is -2.39. The van der Waals surface area contributed by atoms with Gasteiger partial charge in [0.05, 0.1) is 0 Å². The molecular weight excluding hydrogens is 300 g/mol. The minimum Gasteiger partial charge on any atom is -0.423 e. The molecule has 2 heterocycles. The summed E-state index contributed by atoms with van der Waals surface area (Å²) < 4.78 is 5.22. The van der Waals surface area contributed by atoms with Crippen LogP contribution in [0, 0.1) is 0 Å². The summed E-state index contributed by atoms with van der Waals surface area (Å²) in [7, 11) is 0. The third kappa shape index (κ3) is 3.25. The van der Waals surface area contributed by atoms with Crippen LogP contribution in [0.25, 0.3) is 11.5 Å². The summed E-state index contributed by atoms with van der Waals surface area (Å²) in [5.74, 6) is 0.553. The highest BCUT2D eigenvalue weighted by molar-refractivity contribution is 5.58. The number of anilines is 2. The van der Waals surface area contributed by atoms with Gasteiger partial charge in [0.15, 0.2) is 0 Å². The van der Waals surface area contributed by atoms with Crippen molar-refractivity contribution in [3.05, 3.63) is 61.0 Å². The van der Waals surface area contributed by atoms with Crippen molar-refractivity contribution in [2.45, 2.75) is 18.9 Å². The van der Waals surface area contributed by atoms with E-state index in [4.69, 9.17) is 4.42 Å². The largest absolute Gasteiger partial charge is 0.423 e. The van der Waals surface area contributed by atoms with E-state index < -0.39 is 0 Å². The molecule has 1 aromatic heterocycles. The summed E-state index contributed by atoms with van der Waals surface area (Å²) in [5, 5.41) is 11.3. The number of rotatable bonds is 4. The lowest BCUT2D eigenvalue weighted by atomic mass is 10.0. The van der Waals surface area contributed by atoms with E-state index in [0.717, 1.165) is 37.2 Å². The lowest BCUT2D eigenvalue weighted by Gasteiger charge is -2.34. The smallest absolute Gasteiger partial charge is 0.247 e. The van der Waals surface area contributed by atoms with Gasteiger partial charge in [0.25, 0.3) is 0 Å². The van der Waals surface area contributed by atoms with Crippen molar-refractivity contribution < 1.29 is 4.42 Å². The molecule has 3 aromatic rings. The van der Waals surface area contributed by atoms with Crippen LogP contribution < -0.4 is 10.2 Å². The Morgan fingerprint density at radius 2 is 1.71 bits per heavy atom. The van der Waals surface area contributed by atoms with Crippen LogP contribution in [0.2, 0.25) is 0 Å². The van der Waals surface area contributed by atoms with E-state index >= 15 is 0 Å². The fourth-order valence-corrected chi connectivity index (χ4v) is 3.16. The van der Waals surface area contributed by atoms with Crippen LogP contribution in [0.15, 0.2) is 65.4 Å². The van der Waals surface area contributed by atoms with Crippen LogP contribution in [0.4, 0.5) is 11.4 Å². The molecule has 24 heavy (non-hydrogen) atoms. The minimum atomic E-state index is 0.513. The van der Waals surface area contributed by atoms with Gasteiger partial charge in [-0.15, -0.1) is 10.2 Å². The Morgan fingerprint density at radius 1 is 0.958 bits per heavy atom. The first-order valence-corrected chi connectivity index (χ1v) is 8.31. The molecule has 1 fully saturated rings. The molecule has 0 atom stereocenters. The van der Waals surface area contributed by atoms with Crippen LogP contribution >= 0.6 is 0 Å². The first kappa shape index (κ1) is 14.8. The fraction of sp³-hybridized carbons (Fsp3) is 0.263. The third-order valence-electron chi connectivity index (χ3n) is 4.48. The number of para-hydroxylation sites is 1. The van der Waals surface area contributed by atoms with Crippen LogP contribution in [0.3, 0.4) is 0 Å². The number of nitrogens with one attached hydrogen (secondary N) is 1. The zero-order valence-corrected chi connectivity index (χ0v) is 13.4. The number of hydrogen-bond donors (Lipinski definition) is 1. The summed E-state index contributed by atoms with van der Waals surface area (Å²) in [6, 6.07) is 19.3. The Morgan fingerprint density at radius 3 is 2.38 bits per heavy atom. The normalized spacial score (nSPS) is 15.4. The van der Waals surface area contributed by atoms with E-state index in [1.165, 1.54) is 12.1 Å². The Balaban J connectivity index is 1.34. The molecule has 5 heteroatoms. The van der Waals surface area contributed by atoms with Crippen molar-refractivity contribution in [1.29, 1.82) is 0 Å². The highest BCUT2D eigenvalue weighted by Crippen LogP contribution is 2.23. The maximum Gasteiger partial charge on any atom is 0.247 e. The molecule has 0 aliphatic carbocycles. The molecule has 1 aliphatic heterocycles. The third-order valence-corrected chi connectivity index (χ3v) is 4.48. The molecule has 0 saturated carbocycles. The molecule has 0 unspecified atom stereocenters. The molecule has 2 aromatic carbocycles. The van der Waals surface area contributed by atoms with Gasteiger partial charge in [-0.1, -0.05) is 18.2 Å². The maximum atomic E-state index is 5.22. The zero-order chi connectivity index (χ0) is 16.2. The van der Waals surface area contributed by atoms with Crippen molar-refractivity contribution in [3.63, 3.8) is 0 Å². The van der Waals surface area contributed by atoms with E-state index in [0.29, 0.717) is 11.9 Å². The second-order valence-electron chi connectivity index (χ2n) is 6.06. The summed E-state index contributed by atoms with van der Waals surface area (Å²) in [6.07, 6.45) is 3.63. The number of hydrogen-bond acceptors (Lipinski definition) is 5. The van der Waals surface area contributed by atoms with Gasteiger partial charge in [0.2, 0.25) is 12.3 Å². The van der Waals surface area contributed by atoms with E-state index in [1.54, 1.807) is 0 Å². The first-order chi connectivity index (χ1) is 11.9. The predicted octanol–water partition coefficient (Wildman–Crippen LogP) is 3.82. The van der Waals surface area contributed by atoms with Crippen molar-refractivity contribution in [2.24, 2.45) is 0 Å². The van der Waals surface area contributed by atoms with E-state index in [-0.39, 0.29) is 0 Å². The van der Waals surface area contributed by atoms with Crippen LogP contribution in [0.5, 0.6) is 0 Å². The average molecular weight is 320 g/mol. The van der Waals surface area contributed by atoms with Crippen molar-refractivity contribution in [2.75, 3.05) is 23.3 Å². The van der Waals surface area contributed by atoms with Crippen LogP contribution in [0.1, 0.15) is 12.8 Å². The van der Waals surface area contributed by atoms with E-state index in [1.807, 2.05) is 12.1 Å². The highest BCUT2D eigenvalue weighted by atomic mass is 16.4. The van der Waals surface area contributed by atoms with E-state index in [9.17, 15) is 0 Å². The molecule has 1 saturated heterocycles. The van der Waals surface area contributed by atoms with Gasteiger partial charge in [0, 0.05) is 36.1 Å². The Bertz CT molecular complexity index is 748. The summed E-state index contributed by atoms with van der Waals surface area (Å²) in [5.41, 5.74) is 3.40. The SMILES string of the molecule is c1ccc(N2CCC(Nc3ccc(-c4nnco4)cc3)CC2)cc1. The first-order valence-electron chi connectivity index (χ1n) is 8.31. The zero-order valence-electron chi connectivity index (χ0n) is 13.4. The van der Waals surface area contributed by atoms with Gasteiger partial charge in [-0.25, -0.2) is 0 Å². The molecule has 1 aliphatic rings. The molecule has 4 rings (SSSR count). The molecule has 0 bridgehead atoms. The van der Waals surface area contributed by atoms with Gasteiger partial charge in [-0.3, -0.25) is 0 Å². The summed E-state index contributed by atoms with van der Waals surface area (Å²) in [6.45, 7) is 2.17. The fourth-order valence-electron chi connectivity index (χ4n) is 3.16. The Hall–Kier alpha value is -2.82. The quantitative estimate of drug-likeness (QED) is 0.792. The van der Waals surface area contributed by atoms with E-state index in [2.05, 4.69) is 62.9 Å². The molecule has 5 nitrogen and oxygen atoms in total. The molecule has 0 amide bonds.